The molecule has 2 aromatic rings. The van der Waals surface area contributed by atoms with E-state index in [1.165, 1.54) is 12.1 Å². The van der Waals surface area contributed by atoms with Gasteiger partial charge in [0.05, 0.1) is 24.5 Å². The van der Waals surface area contributed by atoms with Crippen LogP contribution in [0.5, 0.6) is 5.75 Å². The lowest BCUT2D eigenvalue weighted by Crippen LogP contribution is -2.30. The normalized spacial score (nSPS) is 19.2. The van der Waals surface area contributed by atoms with Crippen LogP contribution in [0.1, 0.15) is 20.3 Å². The van der Waals surface area contributed by atoms with Gasteiger partial charge in [0, 0.05) is 18.3 Å². The summed E-state index contributed by atoms with van der Waals surface area (Å²) in [5, 5.41) is 14.7. The van der Waals surface area contributed by atoms with Gasteiger partial charge in [0.25, 0.3) is 0 Å². The molecule has 0 aliphatic carbocycles. The Hall–Kier alpha value is -2.39. The van der Waals surface area contributed by atoms with Crippen LogP contribution in [0.25, 0.3) is 11.1 Å². The molecule has 1 fully saturated rings. The number of aldehydes is 1. The summed E-state index contributed by atoms with van der Waals surface area (Å²) in [6, 6.07) is 3.94. The van der Waals surface area contributed by atoms with Crippen LogP contribution < -0.4 is 9.03 Å². The molecule has 3 rings (SSSR count). The third-order valence-corrected chi connectivity index (χ3v) is 5.79. The lowest BCUT2D eigenvalue weighted by atomic mass is 10.1. The second-order valence-corrected chi connectivity index (χ2v) is 8.40. The number of benzene rings is 1. The third kappa shape index (κ3) is 3.73. The van der Waals surface area contributed by atoms with Crippen molar-refractivity contribution in [1.82, 2.24) is 14.5 Å². The number of nitrogens with zero attached hydrogens (tertiary/aromatic N) is 3. The number of phenols is 1. The highest BCUT2D eigenvalue weighted by Gasteiger charge is 2.36. The van der Waals surface area contributed by atoms with E-state index >= 15 is 0 Å². The second kappa shape index (κ2) is 7.08. The Kier molecular flexibility index (Phi) is 5.01. The Morgan fingerprint density at radius 3 is 2.77 bits per heavy atom. The van der Waals surface area contributed by atoms with Crippen molar-refractivity contribution in [3.63, 3.8) is 0 Å². The van der Waals surface area contributed by atoms with Gasteiger partial charge in [-0.1, -0.05) is 19.9 Å². The van der Waals surface area contributed by atoms with Crippen molar-refractivity contribution in [2.45, 2.75) is 32.9 Å². The highest BCUT2D eigenvalue weighted by Crippen LogP contribution is 2.34. The van der Waals surface area contributed by atoms with E-state index < -0.39 is 16.3 Å². The number of carbonyl (C=O) groups excluding carboxylic acids is 1. The predicted octanol–water partition coefficient (Wildman–Crippen LogP) is 1.52. The zero-order valence-electron chi connectivity index (χ0n) is 14.7. The quantitative estimate of drug-likeness (QED) is 0.742. The summed E-state index contributed by atoms with van der Waals surface area (Å²) in [5.41, 5.74) is 1.71. The molecule has 1 aliphatic rings. The molecule has 0 saturated carbocycles. The van der Waals surface area contributed by atoms with Crippen molar-refractivity contribution in [1.29, 1.82) is 0 Å². The SMILES string of the molecule is CC(C)CCn1cc(-c2ccc(N3CC(C=O)NS3(=O)=O)c(O)c2)cn1. The summed E-state index contributed by atoms with van der Waals surface area (Å²) in [6.07, 6.45) is 5.16. The first kappa shape index (κ1) is 18.4. The highest BCUT2D eigenvalue weighted by atomic mass is 32.2. The van der Waals surface area contributed by atoms with Gasteiger partial charge in [0.1, 0.15) is 12.0 Å². The van der Waals surface area contributed by atoms with Crippen molar-refractivity contribution in [2.24, 2.45) is 5.92 Å². The van der Waals surface area contributed by atoms with Crippen LogP contribution in [0.15, 0.2) is 30.6 Å². The maximum atomic E-state index is 12.1. The molecule has 1 atom stereocenters. The third-order valence-electron chi connectivity index (χ3n) is 4.26. The molecule has 0 spiro atoms. The Morgan fingerprint density at radius 1 is 1.38 bits per heavy atom. The molecule has 9 heteroatoms. The van der Waals surface area contributed by atoms with Gasteiger partial charge < -0.3 is 9.90 Å². The topological polar surface area (TPSA) is 105 Å². The molecular weight excluding hydrogens is 356 g/mol. The van der Waals surface area contributed by atoms with Crippen molar-refractivity contribution in [3.8, 4) is 16.9 Å². The number of hydrogen-bond acceptors (Lipinski definition) is 5. The fourth-order valence-corrected chi connectivity index (χ4v) is 4.22. The van der Waals surface area contributed by atoms with Gasteiger partial charge in [-0.2, -0.15) is 18.2 Å². The van der Waals surface area contributed by atoms with Crippen LogP contribution in [-0.4, -0.2) is 42.2 Å². The monoisotopic (exact) mass is 378 g/mol. The maximum absolute atomic E-state index is 12.1. The van der Waals surface area contributed by atoms with E-state index in [0.29, 0.717) is 12.2 Å². The van der Waals surface area contributed by atoms with Gasteiger partial charge in [0.2, 0.25) is 0 Å². The van der Waals surface area contributed by atoms with Crippen LogP contribution >= 0.6 is 0 Å². The maximum Gasteiger partial charge on any atom is 0.302 e. The number of hydrogen-bond donors (Lipinski definition) is 2. The summed E-state index contributed by atoms with van der Waals surface area (Å²) in [6.45, 7) is 5.06. The first-order valence-electron chi connectivity index (χ1n) is 8.41. The Morgan fingerprint density at radius 2 is 2.15 bits per heavy atom. The minimum Gasteiger partial charge on any atom is -0.506 e. The number of aromatic hydroxyl groups is 1. The Labute approximate surface area is 152 Å². The minimum absolute atomic E-state index is 0.0497. The number of aromatic nitrogens is 2. The Balaban J connectivity index is 1.83. The number of carbonyl (C=O) groups is 1. The van der Waals surface area contributed by atoms with Crippen molar-refractivity contribution in [3.05, 3.63) is 30.6 Å². The number of nitrogens with one attached hydrogen (secondary N) is 1. The molecule has 1 aromatic carbocycles. The van der Waals surface area contributed by atoms with E-state index in [9.17, 15) is 18.3 Å². The average Bonchev–Trinajstić information content (AvgIpc) is 3.17. The molecule has 0 amide bonds. The molecule has 140 valence electrons. The average molecular weight is 378 g/mol. The first-order valence-corrected chi connectivity index (χ1v) is 9.85. The highest BCUT2D eigenvalue weighted by molar-refractivity contribution is 7.91. The molecule has 2 heterocycles. The predicted molar refractivity (Wildman–Crippen MR) is 98.0 cm³/mol. The number of anilines is 1. The summed E-state index contributed by atoms with van der Waals surface area (Å²) < 4.78 is 29.3. The molecule has 1 aromatic heterocycles. The fraction of sp³-hybridized carbons (Fsp3) is 0.412. The summed E-state index contributed by atoms with van der Waals surface area (Å²) in [7, 11) is -3.84. The van der Waals surface area contributed by atoms with Crippen molar-refractivity contribution >= 4 is 22.2 Å². The van der Waals surface area contributed by atoms with E-state index in [-0.39, 0.29) is 18.0 Å². The zero-order valence-corrected chi connectivity index (χ0v) is 15.5. The fourth-order valence-electron chi connectivity index (χ4n) is 2.81. The first-order chi connectivity index (χ1) is 12.3. The van der Waals surface area contributed by atoms with Crippen LogP contribution in [0, 0.1) is 5.92 Å². The van der Waals surface area contributed by atoms with Gasteiger partial charge >= 0.3 is 10.2 Å². The molecule has 1 unspecified atom stereocenters. The minimum atomic E-state index is -3.84. The van der Waals surface area contributed by atoms with Crippen LogP contribution in [0.2, 0.25) is 0 Å². The van der Waals surface area contributed by atoms with Gasteiger partial charge in [-0.25, -0.2) is 0 Å². The van der Waals surface area contributed by atoms with E-state index in [1.807, 2.05) is 10.9 Å². The molecule has 1 aliphatic heterocycles. The number of rotatable bonds is 6. The van der Waals surface area contributed by atoms with Gasteiger partial charge in [-0.15, -0.1) is 0 Å². The van der Waals surface area contributed by atoms with E-state index in [2.05, 4.69) is 23.7 Å². The number of phenolic OH excluding ortho intramolecular Hbond substituents is 1. The van der Waals surface area contributed by atoms with Crippen molar-refractivity contribution < 1.29 is 18.3 Å². The molecule has 2 N–H and O–H groups in total. The molecular formula is C17H22N4O4S. The lowest BCUT2D eigenvalue weighted by Gasteiger charge is -2.17. The van der Waals surface area contributed by atoms with E-state index in [4.69, 9.17) is 0 Å². The van der Waals surface area contributed by atoms with Gasteiger partial charge in [-0.3, -0.25) is 8.99 Å². The molecule has 0 radical (unpaired) electrons. The van der Waals surface area contributed by atoms with Crippen molar-refractivity contribution in [2.75, 3.05) is 10.8 Å². The summed E-state index contributed by atoms with van der Waals surface area (Å²) >= 11 is 0. The lowest BCUT2D eigenvalue weighted by molar-refractivity contribution is -0.108. The van der Waals surface area contributed by atoms with Gasteiger partial charge in [0.15, 0.2) is 0 Å². The largest absolute Gasteiger partial charge is 0.506 e. The summed E-state index contributed by atoms with van der Waals surface area (Å²) in [5.74, 6) is 0.409. The second-order valence-electron chi connectivity index (χ2n) is 6.77. The molecule has 8 nitrogen and oxygen atoms in total. The molecule has 0 bridgehead atoms. The van der Waals surface area contributed by atoms with E-state index in [0.717, 1.165) is 28.4 Å². The standard InChI is InChI=1S/C17H22N4O4S/c1-12(2)5-6-20-9-14(8-18-20)13-3-4-16(17(23)7-13)21-10-15(11-22)19-26(21,24)25/h3-4,7-9,11-12,15,19,23H,5-6,10H2,1-2H3. The van der Waals surface area contributed by atoms with Crippen LogP contribution in [0.3, 0.4) is 0 Å². The van der Waals surface area contributed by atoms with E-state index in [1.54, 1.807) is 12.3 Å². The summed E-state index contributed by atoms with van der Waals surface area (Å²) in [4.78, 5) is 10.9. The van der Waals surface area contributed by atoms with Gasteiger partial charge in [-0.05, 0) is 30.0 Å². The Bertz CT molecular complexity index is 907. The number of aryl methyl sites for hydroxylation is 1. The van der Waals surface area contributed by atoms with Crippen LogP contribution in [0.4, 0.5) is 5.69 Å². The van der Waals surface area contributed by atoms with Crippen LogP contribution in [-0.2, 0) is 21.5 Å². The smallest absolute Gasteiger partial charge is 0.302 e. The zero-order chi connectivity index (χ0) is 18.9. The molecule has 26 heavy (non-hydrogen) atoms. The molecule has 1 saturated heterocycles.